The highest BCUT2D eigenvalue weighted by molar-refractivity contribution is 6.29. The van der Waals surface area contributed by atoms with Gasteiger partial charge in [-0.2, -0.15) is 0 Å². The van der Waals surface area contributed by atoms with Crippen molar-refractivity contribution < 1.29 is 4.79 Å². The highest BCUT2D eigenvalue weighted by atomic mass is 16.2. The number of hydrogen-bond acceptors (Lipinski definition) is 6. The topological polar surface area (TPSA) is 84.2 Å². The Bertz CT molecular complexity index is 1220. The van der Waals surface area contributed by atoms with E-state index in [1.807, 2.05) is 30.3 Å². The lowest BCUT2D eigenvalue weighted by atomic mass is 10.1. The molecule has 0 radical (unpaired) electrons. The molecule has 0 saturated carbocycles. The molecule has 5 rings (SSSR count). The fraction of sp³-hybridized carbons (Fsp3) is 0. The van der Waals surface area contributed by atoms with Gasteiger partial charge in [-0.3, -0.25) is 29.6 Å². The number of carbonyl (C=O) groups is 1. The molecule has 4 aromatic heterocycles. The molecule has 5 heterocycles. The van der Waals surface area contributed by atoms with E-state index in [0.29, 0.717) is 40.0 Å². The van der Waals surface area contributed by atoms with E-state index >= 15 is 0 Å². The average molecular weight is 378 g/mol. The van der Waals surface area contributed by atoms with Gasteiger partial charge in [-0.1, -0.05) is 12.1 Å². The van der Waals surface area contributed by atoms with Crippen molar-refractivity contribution in [1.82, 2.24) is 19.9 Å². The number of carbonyl (C=O) groups excluding carboxylic acids is 1. The maximum atomic E-state index is 13.6. The van der Waals surface area contributed by atoms with Crippen LogP contribution in [0, 0.1) is 0 Å². The van der Waals surface area contributed by atoms with Gasteiger partial charge in [0.2, 0.25) is 0 Å². The van der Waals surface area contributed by atoms with Gasteiger partial charge >= 0.3 is 0 Å². The standard InChI is InChI=1S/C22H14N6O/c29-22(17-8-2-4-12-24-17)28-18-10-6-14-26-20(18)19-15(9-5-13-25-19)27-21(28)16-7-1-3-11-23-16/h1-14H. The highest BCUT2D eigenvalue weighted by Gasteiger charge is 2.32. The minimum absolute atomic E-state index is 0.296. The molecule has 138 valence electrons. The largest absolute Gasteiger partial charge is 0.282 e. The molecule has 1 aliphatic heterocycles. The molecule has 7 nitrogen and oxygen atoms in total. The molecule has 1 aliphatic rings. The summed E-state index contributed by atoms with van der Waals surface area (Å²) in [5.74, 6) is 0.0688. The molecule has 0 aromatic carbocycles. The average Bonchev–Trinajstić information content (AvgIpc) is 2.95. The number of aromatic nitrogens is 4. The Hall–Kier alpha value is -4.26. The molecule has 4 aromatic rings. The van der Waals surface area contributed by atoms with Crippen LogP contribution in [0.3, 0.4) is 0 Å². The van der Waals surface area contributed by atoms with Crippen LogP contribution in [-0.2, 0) is 0 Å². The first kappa shape index (κ1) is 16.9. The Morgan fingerprint density at radius 1 is 0.690 bits per heavy atom. The summed E-state index contributed by atoms with van der Waals surface area (Å²) in [6.07, 6.45) is 6.61. The SMILES string of the molecule is O=C(c1ccccn1)N1C(c2ccccn2)=Nc2cccnc2-c2ncccc21. The molecular weight excluding hydrogens is 364 g/mol. The van der Waals surface area contributed by atoms with Crippen molar-refractivity contribution in [3.8, 4) is 11.4 Å². The summed E-state index contributed by atoms with van der Waals surface area (Å²) in [4.78, 5) is 37.5. The highest BCUT2D eigenvalue weighted by Crippen LogP contribution is 2.38. The maximum Gasteiger partial charge on any atom is 0.282 e. The van der Waals surface area contributed by atoms with E-state index in [4.69, 9.17) is 4.99 Å². The lowest BCUT2D eigenvalue weighted by Crippen LogP contribution is -2.38. The normalized spacial score (nSPS) is 12.4. The van der Waals surface area contributed by atoms with Crippen molar-refractivity contribution in [2.45, 2.75) is 0 Å². The monoisotopic (exact) mass is 378 g/mol. The van der Waals surface area contributed by atoms with E-state index in [1.54, 1.807) is 55.1 Å². The predicted octanol–water partition coefficient (Wildman–Crippen LogP) is 3.67. The first-order valence-electron chi connectivity index (χ1n) is 8.99. The number of hydrogen-bond donors (Lipinski definition) is 0. The first-order chi connectivity index (χ1) is 14.3. The van der Waals surface area contributed by atoms with E-state index in [0.717, 1.165) is 0 Å². The van der Waals surface area contributed by atoms with Crippen LogP contribution in [0.1, 0.15) is 16.2 Å². The molecule has 7 heteroatoms. The number of pyridine rings is 4. The fourth-order valence-electron chi connectivity index (χ4n) is 3.18. The van der Waals surface area contributed by atoms with Crippen LogP contribution in [0.15, 0.2) is 90.4 Å². The third kappa shape index (κ3) is 2.94. The molecule has 0 atom stereocenters. The van der Waals surface area contributed by atoms with Gasteiger partial charge in [0.05, 0.1) is 11.4 Å². The Morgan fingerprint density at radius 2 is 1.41 bits per heavy atom. The number of nitrogens with zero attached hydrogens (tertiary/aromatic N) is 6. The summed E-state index contributed by atoms with van der Waals surface area (Å²) in [6.45, 7) is 0. The lowest BCUT2D eigenvalue weighted by molar-refractivity contribution is 0.0997. The van der Waals surface area contributed by atoms with Crippen molar-refractivity contribution in [1.29, 1.82) is 0 Å². The third-order valence-corrected chi connectivity index (χ3v) is 4.46. The number of rotatable bonds is 2. The Balaban J connectivity index is 1.81. The smallest absolute Gasteiger partial charge is 0.266 e. The molecule has 29 heavy (non-hydrogen) atoms. The number of fused-ring (bicyclic) bond motifs is 3. The summed E-state index contributed by atoms with van der Waals surface area (Å²) in [6, 6.07) is 17.9. The van der Waals surface area contributed by atoms with Crippen LogP contribution in [0.25, 0.3) is 11.4 Å². The van der Waals surface area contributed by atoms with Crippen LogP contribution in [0.2, 0.25) is 0 Å². The van der Waals surface area contributed by atoms with E-state index < -0.39 is 0 Å². The van der Waals surface area contributed by atoms with E-state index in [1.165, 1.54) is 4.90 Å². The molecule has 0 aliphatic carbocycles. The molecule has 0 unspecified atom stereocenters. The van der Waals surface area contributed by atoms with Gasteiger partial charge in [-0.05, 0) is 48.5 Å². The Morgan fingerprint density at radius 3 is 2.17 bits per heavy atom. The fourth-order valence-corrected chi connectivity index (χ4v) is 3.18. The maximum absolute atomic E-state index is 13.6. The van der Waals surface area contributed by atoms with Crippen molar-refractivity contribution in [2.75, 3.05) is 4.90 Å². The Labute approximate surface area is 166 Å². The number of anilines is 1. The molecule has 0 saturated heterocycles. The molecule has 0 bridgehead atoms. The number of amides is 1. The van der Waals surface area contributed by atoms with Gasteiger partial charge in [-0.15, -0.1) is 0 Å². The van der Waals surface area contributed by atoms with Gasteiger partial charge in [0.25, 0.3) is 5.91 Å². The van der Waals surface area contributed by atoms with Gasteiger partial charge in [-0.25, -0.2) is 4.99 Å². The van der Waals surface area contributed by atoms with Crippen LogP contribution in [0.4, 0.5) is 11.4 Å². The second-order valence-corrected chi connectivity index (χ2v) is 6.25. The van der Waals surface area contributed by atoms with Gasteiger partial charge in [0.1, 0.15) is 22.8 Å². The summed E-state index contributed by atoms with van der Waals surface area (Å²) in [5, 5.41) is 0. The number of aliphatic imine (C=N–C) groups is 1. The van der Waals surface area contributed by atoms with Crippen molar-refractivity contribution in [3.05, 3.63) is 96.8 Å². The molecule has 0 spiro atoms. The Kier molecular flexibility index (Phi) is 4.10. The van der Waals surface area contributed by atoms with Crippen molar-refractivity contribution >= 4 is 23.1 Å². The summed E-state index contributed by atoms with van der Waals surface area (Å²) in [5.41, 5.74) is 3.22. The van der Waals surface area contributed by atoms with Crippen LogP contribution in [0.5, 0.6) is 0 Å². The molecule has 1 amide bonds. The minimum Gasteiger partial charge on any atom is -0.266 e. The van der Waals surface area contributed by atoms with E-state index in [9.17, 15) is 4.79 Å². The van der Waals surface area contributed by atoms with E-state index in [-0.39, 0.29) is 5.91 Å². The molecular formula is C22H14N6O. The number of amidine groups is 1. The van der Waals surface area contributed by atoms with Crippen molar-refractivity contribution in [3.63, 3.8) is 0 Å². The van der Waals surface area contributed by atoms with Crippen molar-refractivity contribution in [2.24, 2.45) is 4.99 Å². The molecule has 0 N–H and O–H groups in total. The quantitative estimate of drug-likeness (QED) is 0.531. The molecule has 0 fully saturated rings. The van der Waals surface area contributed by atoms with Gasteiger partial charge in [0, 0.05) is 24.8 Å². The summed E-state index contributed by atoms with van der Waals surface area (Å²) >= 11 is 0. The second kappa shape index (κ2) is 7.05. The zero-order valence-electron chi connectivity index (χ0n) is 15.2. The van der Waals surface area contributed by atoms with Gasteiger partial charge < -0.3 is 0 Å². The van der Waals surface area contributed by atoms with E-state index in [2.05, 4.69) is 19.9 Å². The first-order valence-corrected chi connectivity index (χ1v) is 8.99. The van der Waals surface area contributed by atoms with Gasteiger partial charge in [0.15, 0.2) is 5.84 Å². The zero-order valence-corrected chi connectivity index (χ0v) is 15.2. The van der Waals surface area contributed by atoms with Crippen LogP contribution < -0.4 is 4.90 Å². The summed E-state index contributed by atoms with van der Waals surface area (Å²) in [7, 11) is 0. The minimum atomic E-state index is -0.322. The summed E-state index contributed by atoms with van der Waals surface area (Å²) < 4.78 is 0. The van der Waals surface area contributed by atoms with Crippen LogP contribution in [-0.4, -0.2) is 31.7 Å². The second-order valence-electron chi connectivity index (χ2n) is 6.25. The third-order valence-electron chi connectivity index (χ3n) is 4.46. The lowest BCUT2D eigenvalue weighted by Gasteiger charge is -2.23. The zero-order chi connectivity index (χ0) is 19.6. The van der Waals surface area contributed by atoms with Crippen LogP contribution >= 0.6 is 0 Å². The predicted molar refractivity (Wildman–Crippen MR) is 109 cm³/mol.